The molecule has 2 aromatic heterocycles. The summed E-state index contributed by atoms with van der Waals surface area (Å²) in [5, 5.41) is 8.37. The lowest BCUT2D eigenvalue weighted by Gasteiger charge is -2.05. The lowest BCUT2D eigenvalue weighted by molar-refractivity contribution is 0.285. The van der Waals surface area contributed by atoms with Crippen molar-refractivity contribution in [3.63, 3.8) is 0 Å². The molecule has 0 radical (unpaired) electrons. The van der Waals surface area contributed by atoms with Crippen LogP contribution in [0.2, 0.25) is 0 Å². The van der Waals surface area contributed by atoms with Crippen LogP contribution in [0.5, 0.6) is 5.75 Å². The fourth-order valence-corrected chi connectivity index (χ4v) is 1.72. The molecular formula is C12H19N5O. The Kier molecular flexibility index (Phi) is 4.33. The average molecular weight is 249 g/mol. The number of nitrogens with zero attached hydrogens (tertiary/aromatic N) is 5. The molecule has 0 aromatic carbocycles. The molecule has 98 valence electrons. The summed E-state index contributed by atoms with van der Waals surface area (Å²) >= 11 is 0. The van der Waals surface area contributed by atoms with E-state index >= 15 is 0 Å². The van der Waals surface area contributed by atoms with Crippen LogP contribution in [0.1, 0.15) is 32.5 Å². The van der Waals surface area contributed by atoms with E-state index in [0.29, 0.717) is 6.61 Å². The van der Waals surface area contributed by atoms with Gasteiger partial charge >= 0.3 is 0 Å². The Morgan fingerprint density at radius 1 is 1.17 bits per heavy atom. The van der Waals surface area contributed by atoms with Crippen LogP contribution in [0.25, 0.3) is 0 Å². The van der Waals surface area contributed by atoms with Gasteiger partial charge in [0.05, 0.1) is 12.4 Å². The fourth-order valence-electron chi connectivity index (χ4n) is 1.72. The van der Waals surface area contributed by atoms with E-state index in [1.54, 1.807) is 12.5 Å². The summed E-state index contributed by atoms with van der Waals surface area (Å²) in [6.07, 6.45) is 7.30. The molecule has 6 heteroatoms. The average Bonchev–Trinajstić information content (AvgIpc) is 2.97. The number of aromatic nitrogens is 5. The van der Waals surface area contributed by atoms with Crippen molar-refractivity contribution in [3.05, 3.63) is 24.5 Å². The Bertz CT molecular complexity index is 476. The molecule has 2 rings (SSSR count). The normalized spacial score (nSPS) is 10.8. The molecule has 0 fully saturated rings. The van der Waals surface area contributed by atoms with Gasteiger partial charge in [0.25, 0.3) is 0 Å². The minimum absolute atomic E-state index is 0.428. The monoisotopic (exact) mass is 249 g/mol. The third-order valence-electron chi connectivity index (χ3n) is 2.56. The highest BCUT2D eigenvalue weighted by Gasteiger charge is 2.05. The summed E-state index contributed by atoms with van der Waals surface area (Å²) < 4.78 is 9.41. The van der Waals surface area contributed by atoms with Crippen LogP contribution in [-0.4, -0.2) is 24.5 Å². The van der Waals surface area contributed by atoms with E-state index in [9.17, 15) is 0 Å². The zero-order valence-electron chi connectivity index (χ0n) is 10.9. The van der Waals surface area contributed by atoms with Crippen molar-refractivity contribution in [2.24, 2.45) is 0 Å². The maximum absolute atomic E-state index is 5.66. The Hall–Kier alpha value is -1.85. The number of ether oxygens (including phenoxy) is 1. The van der Waals surface area contributed by atoms with Crippen LogP contribution in [0.4, 0.5) is 0 Å². The van der Waals surface area contributed by atoms with E-state index < -0.39 is 0 Å². The first-order valence-corrected chi connectivity index (χ1v) is 6.35. The maximum atomic E-state index is 5.66. The van der Waals surface area contributed by atoms with Gasteiger partial charge in [-0.1, -0.05) is 13.8 Å². The van der Waals surface area contributed by atoms with Crippen molar-refractivity contribution < 1.29 is 4.74 Å². The van der Waals surface area contributed by atoms with Crippen molar-refractivity contribution in [1.29, 1.82) is 0 Å². The molecule has 6 nitrogen and oxygen atoms in total. The number of hydrogen-bond acceptors (Lipinski definition) is 4. The predicted octanol–water partition coefficient (Wildman–Crippen LogP) is 1.87. The van der Waals surface area contributed by atoms with Crippen molar-refractivity contribution >= 4 is 0 Å². The van der Waals surface area contributed by atoms with E-state index in [2.05, 4.69) is 29.0 Å². The molecule has 0 aliphatic heterocycles. The van der Waals surface area contributed by atoms with Crippen LogP contribution in [-0.2, 0) is 19.7 Å². The van der Waals surface area contributed by atoms with Gasteiger partial charge in [-0.25, -0.2) is 9.67 Å². The smallest absolute Gasteiger partial charge is 0.164 e. The molecule has 2 heterocycles. The van der Waals surface area contributed by atoms with Gasteiger partial charge in [0.2, 0.25) is 0 Å². The minimum Gasteiger partial charge on any atom is -0.482 e. The highest BCUT2D eigenvalue weighted by molar-refractivity contribution is 5.11. The van der Waals surface area contributed by atoms with E-state index in [-0.39, 0.29) is 0 Å². The summed E-state index contributed by atoms with van der Waals surface area (Å²) in [6.45, 7) is 6.44. The fraction of sp³-hybridized carbons (Fsp3) is 0.583. The summed E-state index contributed by atoms with van der Waals surface area (Å²) in [5.41, 5.74) is 0. The van der Waals surface area contributed by atoms with Gasteiger partial charge in [-0.05, 0) is 12.8 Å². The second-order valence-corrected chi connectivity index (χ2v) is 4.13. The highest BCUT2D eigenvalue weighted by atomic mass is 16.5. The lowest BCUT2D eigenvalue weighted by atomic mass is 10.5. The maximum Gasteiger partial charge on any atom is 0.164 e. The molecule has 0 aliphatic rings. The first-order valence-electron chi connectivity index (χ1n) is 6.35. The number of aryl methyl sites for hydroxylation is 2. The molecule has 0 unspecified atom stereocenters. The van der Waals surface area contributed by atoms with Gasteiger partial charge in [0.1, 0.15) is 12.9 Å². The van der Waals surface area contributed by atoms with E-state index in [0.717, 1.165) is 37.5 Å². The van der Waals surface area contributed by atoms with Crippen molar-refractivity contribution in [2.45, 2.75) is 46.4 Å². The van der Waals surface area contributed by atoms with E-state index in [1.165, 1.54) is 0 Å². The zero-order valence-corrected chi connectivity index (χ0v) is 10.9. The van der Waals surface area contributed by atoms with Gasteiger partial charge in [-0.2, -0.15) is 10.2 Å². The molecule has 0 bridgehead atoms. The molecule has 0 spiro atoms. The van der Waals surface area contributed by atoms with Crippen molar-refractivity contribution in [1.82, 2.24) is 24.5 Å². The summed E-state index contributed by atoms with van der Waals surface area (Å²) in [6, 6.07) is 0. The summed E-state index contributed by atoms with van der Waals surface area (Å²) in [5.74, 6) is 1.62. The Labute approximate surface area is 107 Å². The quantitative estimate of drug-likeness (QED) is 0.751. The molecule has 0 N–H and O–H groups in total. The molecule has 0 saturated heterocycles. The third-order valence-corrected chi connectivity index (χ3v) is 2.56. The molecule has 18 heavy (non-hydrogen) atoms. The van der Waals surface area contributed by atoms with Gasteiger partial charge in [-0.15, -0.1) is 0 Å². The zero-order chi connectivity index (χ0) is 12.8. The van der Waals surface area contributed by atoms with Gasteiger partial charge in [-0.3, -0.25) is 4.68 Å². The van der Waals surface area contributed by atoms with Crippen molar-refractivity contribution in [2.75, 3.05) is 0 Å². The second-order valence-electron chi connectivity index (χ2n) is 4.13. The minimum atomic E-state index is 0.428. The predicted molar refractivity (Wildman–Crippen MR) is 67.2 cm³/mol. The first kappa shape index (κ1) is 12.6. The SMILES string of the molecule is CCCn1cc(OCc2ncnn2CCC)cn1. The highest BCUT2D eigenvalue weighted by Crippen LogP contribution is 2.10. The van der Waals surface area contributed by atoms with Crippen LogP contribution < -0.4 is 4.74 Å². The van der Waals surface area contributed by atoms with Crippen LogP contribution in [0.15, 0.2) is 18.7 Å². The number of rotatable bonds is 7. The largest absolute Gasteiger partial charge is 0.482 e. The molecule has 0 atom stereocenters. The second kappa shape index (κ2) is 6.18. The first-order chi connectivity index (χ1) is 8.83. The molecular weight excluding hydrogens is 230 g/mol. The van der Waals surface area contributed by atoms with Crippen LogP contribution in [0, 0.1) is 0 Å². The Morgan fingerprint density at radius 2 is 2.00 bits per heavy atom. The van der Waals surface area contributed by atoms with E-state index in [1.807, 2.05) is 15.6 Å². The Balaban J connectivity index is 1.91. The third kappa shape index (κ3) is 3.09. The molecule has 0 aliphatic carbocycles. The summed E-state index contributed by atoms with van der Waals surface area (Å²) in [7, 11) is 0. The van der Waals surface area contributed by atoms with E-state index in [4.69, 9.17) is 4.74 Å². The topological polar surface area (TPSA) is 57.8 Å². The lowest BCUT2D eigenvalue weighted by Crippen LogP contribution is -2.08. The Morgan fingerprint density at radius 3 is 2.78 bits per heavy atom. The van der Waals surface area contributed by atoms with Gasteiger partial charge in [0.15, 0.2) is 11.6 Å². The van der Waals surface area contributed by atoms with Crippen LogP contribution in [0.3, 0.4) is 0 Å². The number of hydrogen-bond donors (Lipinski definition) is 0. The standard InChI is InChI=1S/C12H19N5O/c1-3-5-16-8-11(7-14-16)18-9-12-13-10-15-17(12)6-4-2/h7-8,10H,3-6,9H2,1-2H3. The van der Waals surface area contributed by atoms with Crippen LogP contribution >= 0.6 is 0 Å². The van der Waals surface area contributed by atoms with Crippen molar-refractivity contribution in [3.8, 4) is 5.75 Å². The summed E-state index contributed by atoms with van der Waals surface area (Å²) in [4.78, 5) is 4.19. The molecule has 0 amide bonds. The van der Waals surface area contributed by atoms with Gasteiger partial charge < -0.3 is 4.74 Å². The van der Waals surface area contributed by atoms with Gasteiger partial charge in [0, 0.05) is 13.1 Å². The molecule has 2 aromatic rings. The molecule has 0 saturated carbocycles.